The second kappa shape index (κ2) is 5.57. The third kappa shape index (κ3) is 3.23. The van der Waals surface area contributed by atoms with Crippen LogP contribution in [0.5, 0.6) is 0 Å². The van der Waals surface area contributed by atoms with Crippen LogP contribution < -0.4 is 5.73 Å². The summed E-state index contributed by atoms with van der Waals surface area (Å²) in [4.78, 5) is 13.9. The molecule has 0 radical (unpaired) electrons. The van der Waals surface area contributed by atoms with Crippen LogP contribution >= 0.6 is 0 Å². The van der Waals surface area contributed by atoms with E-state index < -0.39 is 14.6 Å². The van der Waals surface area contributed by atoms with Crippen molar-refractivity contribution in [1.82, 2.24) is 4.90 Å². The van der Waals surface area contributed by atoms with Gasteiger partial charge < -0.3 is 10.6 Å². The number of nitrogens with two attached hydrogens (primary N) is 1. The van der Waals surface area contributed by atoms with Crippen molar-refractivity contribution in [3.63, 3.8) is 0 Å². The number of sulfone groups is 1. The number of hydrogen-bond donors (Lipinski definition) is 1. The third-order valence-electron chi connectivity index (χ3n) is 3.92. The summed E-state index contributed by atoms with van der Waals surface area (Å²) in [5.41, 5.74) is 5.52. The molecule has 1 aliphatic heterocycles. The van der Waals surface area contributed by atoms with Crippen molar-refractivity contribution in [3.8, 4) is 0 Å². The van der Waals surface area contributed by atoms with E-state index in [4.69, 9.17) is 5.73 Å². The molecular formula is C12H24N2O3S. The number of likely N-dealkylation sites (tertiary alicyclic amines) is 1. The van der Waals surface area contributed by atoms with Crippen LogP contribution in [-0.4, -0.2) is 49.9 Å². The van der Waals surface area contributed by atoms with Gasteiger partial charge in [-0.2, -0.15) is 0 Å². The van der Waals surface area contributed by atoms with E-state index in [-0.39, 0.29) is 5.91 Å². The Morgan fingerprint density at radius 2 is 1.83 bits per heavy atom. The fourth-order valence-electron chi connectivity index (χ4n) is 2.20. The Kier molecular flexibility index (Phi) is 4.78. The van der Waals surface area contributed by atoms with Crippen molar-refractivity contribution < 1.29 is 13.2 Å². The summed E-state index contributed by atoms with van der Waals surface area (Å²) >= 11 is 0. The molecule has 1 aliphatic rings. The Bertz CT molecular complexity index is 396. The second-order valence-electron chi connectivity index (χ2n) is 5.60. The highest BCUT2D eigenvalue weighted by molar-refractivity contribution is 7.92. The fourth-order valence-corrected chi connectivity index (χ4v) is 2.65. The number of carbonyl (C=O) groups excluding carboxylic acids is 1. The molecule has 5 nitrogen and oxygen atoms in total. The average Bonchev–Trinajstić information content (AvgIpc) is 2.28. The summed E-state index contributed by atoms with van der Waals surface area (Å²) in [6.07, 6.45) is 3.94. The number of nitrogens with zero attached hydrogens (tertiary/aromatic N) is 1. The van der Waals surface area contributed by atoms with Crippen molar-refractivity contribution in [3.05, 3.63) is 0 Å². The largest absolute Gasteiger partial charge is 0.341 e. The highest BCUT2D eigenvalue weighted by Gasteiger charge is 2.41. The van der Waals surface area contributed by atoms with E-state index in [0.29, 0.717) is 25.6 Å². The molecule has 0 spiro atoms. The van der Waals surface area contributed by atoms with Crippen LogP contribution in [0.15, 0.2) is 0 Å². The van der Waals surface area contributed by atoms with Gasteiger partial charge in [-0.05, 0) is 45.6 Å². The highest BCUT2D eigenvalue weighted by Crippen LogP contribution is 2.24. The van der Waals surface area contributed by atoms with Crippen LogP contribution in [0, 0.1) is 5.92 Å². The predicted molar refractivity (Wildman–Crippen MR) is 71.9 cm³/mol. The summed E-state index contributed by atoms with van der Waals surface area (Å²) in [6.45, 7) is 4.92. The van der Waals surface area contributed by atoms with Crippen molar-refractivity contribution in [2.45, 2.75) is 37.9 Å². The molecule has 0 saturated carbocycles. The summed E-state index contributed by atoms with van der Waals surface area (Å²) in [7, 11) is -3.39. The quantitative estimate of drug-likeness (QED) is 0.806. The maximum atomic E-state index is 12.3. The van der Waals surface area contributed by atoms with E-state index >= 15 is 0 Å². The van der Waals surface area contributed by atoms with Gasteiger partial charge in [-0.1, -0.05) is 0 Å². The molecule has 0 atom stereocenters. The lowest BCUT2D eigenvalue weighted by molar-refractivity contribution is -0.134. The molecule has 0 aromatic rings. The van der Waals surface area contributed by atoms with Gasteiger partial charge >= 0.3 is 0 Å². The first kappa shape index (κ1) is 15.4. The summed E-state index contributed by atoms with van der Waals surface area (Å²) in [5.74, 6) is 0.289. The fraction of sp³-hybridized carbons (Fsp3) is 0.917. The van der Waals surface area contributed by atoms with Gasteiger partial charge in [0.25, 0.3) is 0 Å². The van der Waals surface area contributed by atoms with Crippen LogP contribution in [0.3, 0.4) is 0 Å². The Morgan fingerprint density at radius 1 is 1.33 bits per heavy atom. The van der Waals surface area contributed by atoms with Crippen LogP contribution in [0.2, 0.25) is 0 Å². The van der Waals surface area contributed by atoms with E-state index in [1.807, 2.05) is 0 Å². The Morgan fingerprint density at radius 3 is 2.22 bits per heavy atom. The Balaban J connectivity index is 2.66. The highest BCUT2D eigenvalue weighted by atomic mass is 32.2. The molecule has 106 valence electrons. The van der Waals surface area contributed by atoms with Crippen molar-refractivity contribution in [1.29, 1.82) is 0 Å². The van der Waals surface area contributed by atoms with Gasteiger partial charge in [0.2, 0.25) is 5.91 Å². The zero-order valence-electron chi connectivity index (χ0n) is 11.5. The first-order chi connectivity index (χ1) is 8.20. The molecule has 1 fully saturated rings. The van der Waals surface area contributed by atoms with E-state index in [1.165, 1.54) is 13.8 Å². The number of carbonyl (C=O) groups is 1. The van der Waals surface area contributed by atoms with E-state index in [9.17, 15) is 13.2 Å². The minimum atomic E-state index is -3.39. The SMILES string of the molecule is CC(C)(C(=O)N1CCC(CCN)CC1)S(C)(=O)=O. The van der Waals surface area contributed by atoms with Gasteiger partial charge in [0.1, 0.15) is 4.75 Å². The van der Waals surface area contributed by atoms with Crippen molar-refractivity contribution >= 4 is 15.7 Å². The number of amides is 1. The average molecular weight is 276 g/mol. The van der Waals surface area contributed by atoms with Crippen LogP contribution in [0.25, 0.3) is 0 Å². The van der Waals surface area contributed by atoms with E-state index in [2.05, 4.69) is 0 Å². The van der Waals surface area contributed by atoms with E-state index in [1.54, 1.807) is 4.90 Å². The smallest absolute Gasteiger partial charge is 0.243 e. The summed E-state index contributed by atoms with van der Waals surface area (Å²) in [6, 6.07) is 0. The molecule has 0 unspecified atom stereocenters. The molecule has 0 bridgehead atoms. The zero-order chi connectivity index (χ0) is 14.0. The monoisotopic (exact) mass is 276 g/mol. The molecule has 0 aromatic heterocycles. The van der Waals surface area contributed by atoms with Crippen molar-refractivity contribution in [2.75, 3.05) is 25.9 Å². The molecule has 2 N–H and O–H groups in total. The van der Waals surface area contributed by atoms with Gasteiger partial charge in [0, 0.05) is 19.3 Å². The molecule has 1 rings (SSSR count). The van der Waals surface area contributed by atoms with Crippen LogP contribution in [0.4, 0.5) is 0 Å². The Labute approximate surface area is 110 Å². The Hall–Kier alpha value is -0.620. The first-order valence-corrected chi connectivity index (χ1v) is 8.28. The minimum Gasteiger partial charge on any atom is -0.341 e. The lowest BCUT2D eigenvalue weighted by atomic mass is 9.93. The summed E-state index contributed by atoms with van der Waals surface area (Å²) < 4.78 is 22.0. The standard InChI is InChI=1S/C12H24N2O3S/c1-12(2,18(3,16)17)11(15)14-8-5-10(4-7-13)6-9-14/h10H,4-9,13H2,1-3H3. The predicted octanol–water partition coefficient (Wildman–Crippen LogP) is 0.397. The molecule has 1 heterocycles. The lowest BCUT2D eigenvalue weighted by Crippen LogP contribution is -2.52. The lowest BCUT2D eigenvalue weighted by Gasteiger charge is -2.36. The number of hydrogen-bond acceptors (Lipinski definition) is 4. The van der Waals surface area contributed by atoms with Gasteiger partial charge in [0.15, 0.2) is 9.84 Å². The molecular weight excluding hydrogens is 252 g/mol. The topological polar surface area (TPSA) is 80.5 Å². The number of piperidine rings is 1. The third-order valence-corrected chi connectivity index (χ3v) is 5.95. The summed E-state index contributed by atoms with van der Waals surface area (Å²) in [5, 5.41) is 0. The first-order valence-electron chi connectivity index (χ1n) is 6.39. The molecule has 1 saturated heterocycles. The van der Waals surface area contributed by atoms with E-state index in [0.717, 1.165) is 25.5 Å². The van der Waals surface area contributed by atoms with Gasteiger partial charge in [-0.15, -0.1) is 0 Å². The normalized spacial score (nSPS) is 19.0. The van der Waals surface area contributed by atoms with Crippen molar-refractivity contribution in [2.24, 2.45) is 11.7 Å². The van der Waals surface area contributed by atoms with Crippen LogP contribution in [0.1, 0.15) is 33.1 Å². The maximum absolute atomic E-state index is 12.3. The molecule has 1 amide bonds. The van der Waals surface area contributed by atoms with Gasteiger partial charge in [-0.25, -0.2) is 8.42 Å². The molecule has 0 aliphatic carbocycles. The molecule has 0 aromatic carbocycles. The number of rotatable bonds is 4. The zero-order valence-corrected chi connectivity index (χ0v) is 12.3. The molecule has 18 heavy (non-hydrogen) atoms. The maximum Gasteiger partial charge on any atom is 0.243 e. The van der Waals surface area contributed by atoms with Gasteiger partial charge in [-0.3, -0.25) is 4.79 Å². The van der Waals surface area contributed by atoms with Crippen LogP contribution in [-0.2, 0) is 14.6 Å². The molecule has 6 heteroatoms. The van der Waals surface area contributed by atoms with Gasteiger partial charge in [0.05, 0.1) is 0 Å². The second-order valence-corrected chi connectivity index (χ2v) is 8.16. The minimum absolute atomic E-state index is 0.281.